The highest BCUT2D eigenvalue weighted by atomic mass is 16.4. The van der Waals surface area contributed by atoms with Crippen molar-refractivity contribution in [3.63, 3.8) is 0 Å². The number of hydrogen-bond acceptors (Lipinski definition) is 2. The summed E-state index contributed by atoms with van der Waals surface area (Å²) in [6.07, 6.45) is 10.2. The van der Waals surface area contributed by atoms with Crippen molar-refractivity contribution in [2.24, 2.45) is 11.8 Å². The molecule has 0 heterocycles. The van der Waals surface area contributed by atoms with E-state index in [9.17, 15) is 9.59 Å². The Morgan fingerprint density at radius 3 is 2.40 bits per heavy atom. The van der Waals surface area contributed by atoms with Crippen LogP contribution in [0.15, 0.2) is 0 Å². The van der Waals surface area contributed by atoms with Crippen molar-refractivity contribution in [3.05, 3.63) is 0 Å². The van der Waals surface area contributed by atoms with Crippen LogP contribution in [0, 0.1) is 11.8 Å². The summed E-state index contributed by atoms with van der Waals surface area (Å²) in [5.41, 5.74) is 0. The molecule has 20 heavy (non-hydrogen) atoms. The van der Waals surface area contributed by atoms with E-state index in [1.54, 1.807) is 0 Å². The van der Waals surface area contributed by atoms with Crippen molar-refractivity contribution in [1.82, 2.24) is 5.32 Å². The van der Waals surface area contributed by atoms with Crippen LogP contribution in [-0.4, -0.2) is 23.5 Å². The number of nitrogens with one attached hydrogen (secondary N) is 1. The number of amides is 1. The Kier molecular flexibility index (Phi) is 8.31. The molecule has 0 spiro atoms. The lowest BCUT2D eigenvalue weighted by atomic mass is 9.81. The van der Waals surface area contributed by atoms with E-state index in [1.165, 1.54) is 32.1 Å². The van der Waals surface area contributed by atoms with Gasteiger partial charge in [-0.3, -0.25) is 9.59 Å². The van der Waals surface area contributed by atoms with Gasteiger partial charge in [-0.2, -0.15) is 0 Å². The Morgan fingerprint density at radius 1 is 1.05 bits per heavy atom. The Labute approximate surface area is 122 Å². The maximum Gasteiger partial charge on any atom is 0.306 e. The molecule has 2 unspecified atom stereocenters. The quantitative estimate of drug-likeness (QED) is 0.638. The van der Waals surface area contributed by atoms with Crippen LogP contribution in [-0.2, 0) is 9.59 Å². The van der Waals surface area contributed by atoms with Crippen molar-refractivity contribution in [2.75, 3.05) is 6.54 Å². The maximum atomic E-state index is 12.0. The largest absolute Gasteiger partial charge is 0.481 e. The predicted octanol–water partition coefficient (Wildman–Crippen LogP) is 3.35. The topological polar surface area (TPSA) is 66.4 Å². The molecule has 1 aliphatic carbocycles. The summed E-state index contributed by atoms with van der Waals surface area (Å²) in [7, 11) is 0. The van der Waals surface area contributed by atoms with Gasteiger partial charge < -0.3 is 10.4 Å². The molecule has 0 radical (unpaired) electrons. The third-order valence-corrected chi connectivity index (χ3v) is 4.22. The van der Waals surface area contributed by atoms with Gasteiger partial charge in [-0.25, -0.2) is 0 Å². The van der Waals surface area contributed by atoms with E-state index in [-0.39, 0.29) is 17.7 Å². The Morgan fingerprint density at radius 2 is 1.70 bits per heavy atom. The zero-order valence-electron chi connectivity index (χ0n) is 12.7. The smallest absolute Gasteiger partial charge is 0.306 e. The van der Waals surface area contributed by atoms with E-state index >= 15 is 0 Å². The number of aliphatic carboxylic acids is 1. The van der Waals surface area contributed by atoms with E-state index in [2.05, 4.69) is 12.2 Å². The minimum atomic E-state index is -0.751. The summed E-state index contributed by atoms with van der Waals surface area (Å²) in [6.45, 7) is 2.94. The molecule has 2 atom stereocenters. The summed E-state index contributed by atoms with van der Waals surface area (Å²) < 4.78 is 0. The van der Waals surface area contributed by atoms with Gasteiger partial charge in [-0.15, -0.1) is 0 Å². The molecule has 0 bridgehead atoms. The normalized spacial score (nSPS) is 22.4. The standard InChI is InChI=1S/C16H29NO3/c1-2-3-4-5-6-7-11-17-15(18)13-9-8-10-14(12-13)16(19)20/h13-14H,2-12H2,1H3,(H,17,18)(H,19,20). The first kappa shape index (κ1) is 17.0. The van der Waals surface area contributed by atoms with Crippen molar-refractivity contribution in [1.29, 1.82) is 0 Å². The second kappa shape index (κ2) is 9.78. The molecule has 1 rings (SSSR count). The van der Waals surface area contributed by atoms with Crippen LogP contribution in [0.4, 0.5) is 0 Å². The number of carboxylic acid groups (broad SMARTS) is 1. The van der Waals surface area contributed by atoms with Crippen LogP contribution in [0.5, 0.6) is 0 Å². The minimum Gasteiger partial charge on any atom is -0.481 e. The third kappa shape index (κ3) is 6.40. The second-order valence-corrected chi connectivity index (χ2v) is 5.96. The van der Waals surface area contributed by atoms with Gasteiger partial charge in [0.1, 0.15) is 0 Å². The van der Waals surface area contributed by atoms with Crippen LogP contribution in [0.25, 0.3) is 0 Å². The Bertz CT molecular complexity index is 304. The molecule has 1 fully saturated rings. The van der Waals surface area contributed by atoms with E-state index in [0.717, 1.165) is 32.2 Å². The second-order valence-electron chi connectivity index (χ2n) is 5.96. The number of hydrogen-bond donors (Lipinski definition) is 2. The van der Waals surface area contributed by atoms with Crippen molar-refractivity contribution in [2.45, 2.75) is 71.1 Å². The van der Waals surface area contributed by atoms with Crippen LogP contribution < -0.4 is 5.32 Å². The lowest BCUT2D eigenvalue weighted by Crippen LogP contribution is -2.35. The van der Waals surface area contributed by atoms with Crippen molar-refractivity contribution >= 4 is 11.9 Å². The molecule has 1 aliphatic rings. The van der Waals surface area contributed by atoms with Gasteiger partial charge in [0.05, 0.1) is 5.92 Å². The average Bonchev–Trinajstić information content (AvgIpc) is 2.46. The van der Waals surface area contributed by atoms with E-state index < -0.39 is 5.97 Å². The fourth-order valence-corrected chi connectivity index (χ4v) is 2.91. The highest BCUT2D eigenvalue weighted by molar-refractivity contribution is 5.80. The number of carbonyl (C=O) groups excluding carboxylic acids is 1. The molecule has 116 valence electrons. The highest BCUT2D eigenvalue weighted by Crippen LogP contribution is 2.29. The molecular weight excluding hydrogens is 254 g/mol. The lowest BCUT2D eigenvalue weighted by molar-refractivity contribution is -0.144. The monoisotopic (exact) mass is 283 g/mol. The Hall–Kier alpha value is -1.06. The molecule has 4 nitrogen and oxygen atoms in total. The fraction of sp³-hybridized carbons (Fsp3) is 0.875. The molecule has 1 saturated carbocycles. The van der Waals surface area contributed by atoms with Crippen molar-refractivity contribution in [3.8, 4) is 0 Å². The van der Waals surface area contributed by atoms with Crippen LogP contribution in [0.1, 0.15) is 71.1 Å². The SMILES string of the molecule is CCCCCCCCNC(=O)C1CCCC(C(=O)O)C1. The maximum absolute atomic E-state index is 12.0. The van der Waals surface area contributed by atoms with Crippen LogP contribution in [0.2, 0.25) is 0 Å². The molecule has 0 aromatic carbocycles. The van der Waals surface area contributed by atoms with E-state index in [1.807, 2.05) is 0 Å². The molecule has 1 amide bonds. The van der Waals surface area contributed by atoms with Crippen molar-refractivity contribution < 1.29 is 14.7 Å². The third-order valence-electron chi connectivity index (χ3n) is 4.22. The summed E-state index contributed by atoms with van der Waals surface area (Å²) in [4.78, 5) is 23.0. The lowest BCUT2D eigenvalue weighted by Gasteiger charge is -2.25. The predicted molar refractivity (Wildman–Crippen MR) is 79.5 cm³/mol. The first-order valence-corrected chi connectivity index (χ1v) is 8.15. The van der Waals surface area contributed by atoms with Gasteiger partial charge >= 0.3 is 5.97 Å². The molecule has 0 saturated heterocycles. The molecule has 0 aromatic rings. The van der Waals surface area contributed by atoms with Gasteiger partial charge in [0.15, 0.2) is 0 Å². The first-order chi connectivity index (χ1) is 9.65. The number of carbonyl (C=O) groups is 2. The summed E-state index contributed by atoms with van der Waals surface area (Å²) >= 11 is 0. The van der Waals surface area contributed by atoms with Gasteiger partial charge in [-0.1, -0.05) is 45.4 Å². The number of unbranched alkanes of at least 4 members (excludes halogenated alkanes) is 5. The molecular formula is C16H29NO3. The van der Waals surface area contributed by atoms with E-state index in [4.69, 9.17) is 5.11 Å². The zero-order valence-corrected chi connectivity index (χ0v) is 12.7. The first-order valence-electron chi connectivity index (χ1n) is 8.15. The number of rotatable bonds is 9. The zero-order chi connectivity index (χ0) is 14.8. The minimum absolute atomic E-state index is 0.0597. The van der Waals surface area contributed by atoms with Gasteiger partial charge in [-0.05, 0) is 25.7 Å². The molecule has 0 aliphatic heterocycles. The summed E-state index contributed by atoms with van der Waals surface area (Å²) in [5, 5.41) is 12.0. The molecule has 0 aromatic heterocycles. The molecule has 2 N–H and O–H groups in total. The highest BCUT2D eigenvalue weighted by Gasteiger charge is 2.30. The van der Waals surface area contributed by atoms with Crippen LogP contribution in [0.3, 0.4) is 0 Å². The Balaban J connectivity index is 2.11. The number of carboxylic acids is 1. The van der Waals surface area contributed by atoms with Gasteiger partial charge in [0, 0.05) is 12.5 Å². The molecule has 4 heteroatoms. The average molecular weight is 283 g/mol. The van der Waals surface area contributed by atoms with Gasteiger partial charge in [0.2, 0.25) is 5.91 Å². The van der Waals surface area contributed by atoms with Crippen LogP contribution >= 0.6 is 0 Å². The van der Waals surface area contributed by atoms with Gasteiger partial charge in [0.25, 0.3) is 0 Å². The fourth-order valence-electron chi connectivity index (χ4n) is 2.91. The van der Waals surface area contributed by atoms with E-state index in [0.29, 0.717) is 6.42 Å². The summed E-state index contributed by atoms with van der Waals surface area (Å²) in [5.74, 6) is -1.11. The summed E-state index contributed by atoms with van der Waals surface area (Å²) in [6, 6.07) is 0.